The van der Waals surface area contributed by atoms with Crippen LogP contribution in [-0.4, -0.2) is 17.7 Å². The summed E-state index contributed by atoms with van der Waals surface area (Å²) in [4.78, 5) is 37.1. The van der Waals surface area contributed by atoms with Gasteiger partial charge in [0.05, 0.1) is 11.1 Å². The van der Waals surface area contributed by atoms with Gasteiger partial charge in [-0.2, -0.15) is 0 Å². The zero-order valence-electron chi connectivity index (χ0n) is 17.5. The zero-order chi connectivity index (χ0) is 23.5. The van der Waals surface area contributed by atoms with Gasteiger partial charge in [0.1, 0.15) is 17.1 Å². The van der Waals surface area contributed by atoms with Crippen molar-refractivity contribution in [3.63, 3.8) is 0 Å². The number of nitrogen functional groups attached to an aromatic ring is 2. The van der Waals surface area contributed by atoms with Crippen LogP contribution in [0.25, 0.3) is 11.0 Å². The number of ether oxygens (including phenoxy) is 1. The van der Waals surface area contributed by atoms with Crippen LogP contribution in [0.4, 0.5) is 11.4 Å². The highest BCUT2D eigenvalue weighted by Crippen LogP contribution is 2.32. The topological polar surface area (TPSA) is 152 Å². The first kappa shape index (κ1) is 21.6. The minimum Gasteiger partial charge on any atom is -0.460 e. The van der Waals surface area contributed by atoms with Crippen molar-refractivity contribution in [3.05, 3.63) is 89.2 Å². The summed E-state index contributed by atoms with van der Waals surface area (Å²) in [6.07, 6.45) is 0.122. The molecule has 8 nitrogen and oxygen atoms in total. The minimum absolute atomic E-state index is 0.00494. The Balaban J connectivity index is 1.74. The number of carbonyl (C=O) groups excluding carboxylic acids is 3. The molecule has 1 amide bonds. The lowest BCUT2D eigenvalue weighted by atomic mass is 9.97. The van der Waals surface area contributed by atoms with Crippen LogP contribution >= 0.6 is 0 Å². The van der Waals surface area contributed by atoms with Gasteiger partial charge in [0.25, 0.3) is 0 Å². The van der Waals surface area contributed by atoms with Crippen LogP contribution in [0.3, 0.4) is 0 Å². The lowest BCUT2D eigenvalue weighted by Gasteiger charge is -2.06. The van der Waals surface area contributed by atoms with Crippen molar-refractivity contribution in [2.24, 2.45) is 5.73 Å². The fourth-order valence-electron chi connectivity index (χ4n) is 3.54. The third-order valence-electron chi connectivity index (χ3n) is 5.02. The monoisotopic (exact) mass is 443 g/mol. The zero-order valence-corrected chi connectivity index (χ0v) is 17.5. The number of nitrogens with two attached hydrogens (primary N) is 3. The van der Waals surface area contributed by atoms with Crippen LogP contribution in [-0.2, 0) is 11.2 Å². The molecular weight excluding hydrogens is 422 g/mol. The van der Waals surface area contributed by atoms with Gasteiger partial charge in [0.15, 0.2) is 5.78 Å². The van der Waals surface area contributed by atoms with Gasteiger partial charge in [0, 0.05) is 41.2 Å². The maximum absolute atomic E-state index is 13.4. The third kappa shape index (κ3) is 4.69. The highest BCUT2D eigenvalue weighted by Gasteiger charge is 2.23. The second-order valence-electron chi connectivity index (χ2n) is 7.50. The first-order chi connectivity index (χ1) is 15.8. The molecule has 0 aliphatic carbocycles. The number of aryl methyl sites for hydroxylation is 1. The average Bonchev–Trinajstić information content (AvgIpc) is 3.14. The van der Waals surface area contributed by atoms with Crippen LogP contribution < -0.4 is 21.9 Å². The number of anilines is 2. The summed E-state index contributed by atoms with van der Waals surface area (Å²) >= 11 is 0. The third-order valence-corrected chi connectivity index (χ3v) is 5.02. The Morgan fingerprint density at radius 1 is 0.848 bits per heavy atom. The van der Waals surface area contributed by atoms with Gasteiger partial charge < -0.3 is 26.4 Å². The summed E-state index contributed by atoms with van der Waals surface area (Å²) in [5.41, 5.74) is 19.0. The predicted molar refractivity (Wildman–Crippen MR) is 124 cm³/mol. The van der Waals surface area contributed by atoms with Crippen molar-refractivity contribution >= 4 is 40.0 Å². The molecule has 1 heterocycles. The van der Waals surface area contributed by atoms with E-state index in [1.54, 1.807) is 48.5 Å². The van der Waals surface area contributed by atoms with E-state index in [0.29, 0.717) is 33.7 Å². The van der Waals surface area contributed by atoms with Gasteiger partial charge in [-0.15, -0.1) is 0 Å². The summed E-state index contributed by atoms with van der Waals surface area (Å²) in [5, 5.41) is 0.500. The minimum atomic E-state index is -0.528. The molecule has 6 N–H and O–H groups in total. The predicted octanol–water partition coefficient (Wildman–Crippen LogP) is 3.47. The molecule has 1 aromatic heterocycles. The first-order valence-corrected chi connectivity index (χ1v) is 10.1. The molecule has 4 rings (SSSR count). The van der Waals surface area contributed by atoms with E-state index in [9.17, 15) is 14.4 Å². The Morgan fingerprint density at radius 2 is 1.55 bits per heavy atom. The van der Waals surface area contributed by atoms with Gasteiger partial charge >= 0.3 is 5.97 Å². The Kier molecular flexibility index (Phi) is 5.82. The quantitative estimate of drug-likeness (QED) is 0.171. The number of esters is 1. The molecule has 33 heavy (non-hydrogen) atoms. The van der Waals surface area contributed by atoms with E-state index in [-0.39, 0.29) is 35.5 Å². The maximum Gasteiger partial charge on any atom is 0.343 e. The van der Waals surface area contributed by atoms with E-state index in [1.807, 2.05) is 0 Å². The average molecular weight is 443 g/mol. The van der Waals surface area contributed by atoms with E-state index in [4.69, 9.17) is 26.4 Å². The van der Waals surface area contributed by atoms with Crippen molar-refractivity contribution in [2.75, 3.05) is 11.5 Å². The number of carbonyl (C=O) groups is 3. The molecule has 0 fully saturated rings. The molecule has 0 aliphatic heterocycles. The van der Waals surface area contributed by atoms with Crippen molar-refractivity contribution in [2.45, 2.75) is 12.8 Å². The van der Waals surface area contributed by atoms with E-state index in [0.717, 1.165) is 0 Å². The van der Waals surface area contributed by atoms with Gasteiger partial charge in [0.2, 0.25) is 5.91 Å². The number of primary amides is 1. The Hall–Kier alpha value is -4.59. The Morgan fingerprint density at radius 3 is 2.21 bits per heavy atom. The fraction of sp³-hybridized carbons (Fsp3) is 0.0800. The molecule has 0 atom stereocenters. The number of benzene rings is 3. The normalized spacial score (nSPS) is 10.8. The maximum atomic E-state index is 13.4. The number of rotatable bonds is 7. The molecule has 0 bridgehead atoms. The Labute approximate surface area is 188 Å². The van der Waals surface area contributed by atoms with Crippen LogP contribution in [0.5, 0.6) is 5.75 Å². The van der Waals surface area contributed by atoms with Crippen LogP contribution in [0.1, 0.15) is 38.5 Å². The van der Waals surface area contributed by atoms with Crippen LogP contribution in [0.2, 0.25) is 0 Å². The van der Waals surface area contributed by atoms with Gasteiger partial charge in [-0.05, 0) is 42.5 Å². The molecule has 166 valence electrons. The summed E-state index contributed by atoms with van der Waals surface area (Å²) in [7, 11) is 0. The fourth-order valence-corrected chi connectivity index (χ4v) is 3.54. The number of ketones is 1. The summed E-state index contributed by atoms with van der Waals surface area (Å²) in [6, 6.07) is 17.9. The number of hydrogen-bond donors (Lipinski definition) is 3. The summed E-state index contributed by atoms with van der Waals surface area (Å²) in [6.45, 7) is 0. The number of amides is 1. The molecule has 0 radical (unpaired) electrons. The van der Waals surface area contributed by atoms with Crippen molar-refractivity contribution in [1.82, 2.24) is 0 Å². The second kappa shape index (κ2) is 8.88. The smallest absolute Gasteiger partial charge is 0.343 e. The van der Waals surface area contributed by atoms with Crippen LogP contribution in [0.15, 0.2) is 71.1 Å². The van der Waals surface area contributed by atoms with Crippen molar-refractivity contribution < 1.29 is 23.5 Å². The van der Waals surface area contributed by atoms with Gasteiger partial charge in [-0.25, -0.2) is 4.79 Å². The number of fused-ring (bicyclic) bond motifs is 1. The molecular formula is C25H21N3O5. The molecule has 0 saturated heterocycles. The Bertz CT molecular complexity index is 1360. The highest BCUT2D eigenvalue weighted by molar-refractivity contribution is 6.17. The largest absolute Gasteiger partial charge is 0.460 e. The first-order valence-electron chi connectivity index (χ1n) is 10.1. The molecule has 4 aromatic rings. The molecule has 0 spiro atoms. The highest BCUT2D eigenvalue weighted by atomic mass is 16.5. The van der Waals surface area contributed by atoms with E-state index in [2.05, 4.69) is 0 Å². The van der Waals surface area contributed by atoms with Gasteiger partial charge in [-0.1, -0.05) is 18.2 Å². The second-order valence-corrected chi connectivity index (χ2v) is 7.50. The van der Waals surface area contributed by atoms with E-state index < -0.39 is 11.9 Å². The molecule has 0 aliphatic rings. The molecule has 0 saturated carbocycles. The number of hydrogen-bond acceptors (Lipinski definition) is 7. The SMILES string of the molecule is NC(=O)CCc1oc2cc(OC(=O)c3ccccc3)ccc2c1C(=O)c1cc(N)cc(N)c1. The molecule has 8 heteroatoms. The number of furan rings is 1. The van der Waals surface area contributed by atoms with E-state index >= 15 is 0 Å². The van der Waals surface area contributed by atoms with E-state index in [1.165, 1.54) is 18.2 Å². The standard InChI is InChI=1S/C25H21N3O5/c26-16-10-15(11-17(27)12-16)24(30)23-19-7-6-18(32-25(31)14-4-2-1-3-5-14)13-21(19)33-20(23)8-9-22(28)29/h1-7,10-13H,8-9,26-27H2,(H2,28,29). The summed E-state index contributed by atoms with van der Waals surface area (Å²) in [5.74, 6) is -0.872. The van der Waals surface area contributed by atoms with Crippen molar-refractivity contribution in [3.8, 4) is 5.75 Å². The lowest BCUT2D eigenvalue weighted by Crippen LogP contribution is -2.12. The van der Waals surface area contributed by atoms with Crippen molar-refractivity contribution in [1.29, 1.82) is 0 Å². The van der Waals surface area contributed by atoms with Crippen LogP contribution in [0, 0.1) is 0 Å². The molecule has 3 aromatic carbocycles. The summed E-state index contributed by atoms with van der Waals surface area (Å²) < 4.78 is 11.3. The lowest BCUT2D eigenvalue weighted by molar-refractivity contribution is -0.118. The molecule has 0 unspecified atom stereocenters. The van der Waals surface area contributed by atoms with Gasteiger partial charge in [-0.3, -0.25) is 9.59 Å².